The van der Waals surface area contributed by atoms with Crippen molar-refractivity contribution in [3.8, 4) is 11.5 Å². The predicted octanol–water partition coefficient (Wildman–Crippen LogP) is 3.48. The average molecular weight is 386 g/mol. The van der Waals surface area contributed by atoms with Crippen LogP contribution in [-0.2, 0) is 14.8 Å². The SMILES string of the molecule is COCCOc1cc(NS(=O)(=O)c2ccc(C)c(Cl)c2)ccc1OC. The number of methoxy groups -OCH3 is 2. The van der Waals surface area contributed by atoms with Gasteiger partial charge in [-0.1, -0.05) is 17.7 Å². The second kappa shape index (κ2) is 8.42. The Labute approximate surface area is 152 Å². The molecule has 0 heterocycles. The summed E-state index contributed by atoms with van der Waals surface area (Å²) >= 11 is 6.02. The van der Waals surface area contributed by atoms with Crippen LogP contribution in [0.4, 0.5) is 5.69 Å². The summed E-state index contributed by atoms with van der Waals surface area (Å²) in [4.78, 5) is 0.0840. The first-order chi connectivity index (χ1) is 11.9. The average Bonchev–Trinajstić information content (AvgIpc) is 2.57. The number of aryl methyl sites for hydroxylation is 1. The third-order valence-electron chi connectivity index (χ3n) is 3.41. The summed E-state index contributed by atoms with van der Waals surface area (Å²) in [6, 6.07) is 9.35. The van der Waals surface area contributed by atoms with Gasteiger partial charge in [0.15, 0.2) is 11.5 Å². The fourth-order valence-electron chi connectivity index (χ4n) is 2.04. The molecular weight excluding hydrogens is 366 g/mol. The maximum atomic E-state index is 12.5. The molecule has 6 nitrogen and oxygen atoms in total. The van der Waals surface area contributed by atoms with Gasteiger partial charge in [-0.3, -0.25) is 4.72 Å². The number of anilines is 1. The Balaban J connectivity index is 2.25. The first-order valence-corrected chi connectivity index (χ1v) is 9.32. The van der Waals surface area contributed by atoms with E-state index in [0.717, 1.165) is 5.56 Å². The van der Waals surface area contributed by atoms with Gasteiger partial charge in [0.25, 0.3) is 10.0 Å². The van der Waals surface area contributed by atoms with E-state index in [1.54, 1.807) is 38.3 Å². The van der Waals surface area contributed by atoms with Crippen molar-refractivity contribution in [2.24, 2.45) is 0 Å². The fraction of sp³-hybridized carbons (Fsp3) is 0.294. The Morgan fingerprint density at radius 1 is 1.04 bits per heavy atom. The van der Waals surface area contributed by atoms with Gasteiger partial charge >= 0.3 is 0 Å². The summed E-state index contributed by atoms with van der Waals surface area (Å²) in [6.07, 6.45) is 0. The lowest BCUT2D eigenvalue weighted by atomic mass is 10.2. The van der Waals surface area contributed by atoms with Crippen molar-refractivity contribution in [3.05, 3.63) is 47.0 Å². The van der Waals surface area contributed by atoms with Gasteiger partial charge in [-0.25, -0.2) is 8.42 Å². The molecule has 1 N–H and O–H groups in total. The van der Waals surface area contributed by atoms with Crippen LogP contribution >= 0.6 is 11.6 Å². The quantitative estimate of drug-likeness (QED) is 0.704. The number of sulfonamides is 1. The third kappa shape index (κ3) is 5.01. The molecule has 0 aliphatic heterocycles. The maximum absolute atomic E-state index is 12.5. The van der Waals surface area contributed by atoms with Crippen LogP contribution < -0.4 is 14.2 Å². The normalized spacial score (nSPS) is 11.2. The van der Waals surface area contributed by atoms with E-state index in [-0.39, 0.29) is 4.90 Å². The topological polar surface area (TPSA) is 73.9 Å². The predicted molar refractivity (Wildman–Crippen MR) is 97.4 cm³/mol. The molecular formula is C17H20ClNO5S. The number of hydrogen-bond donors (Lipinski definition) is 1. The molecule has 0 bridgehead atoms. The largest absolute Gasteiger partial charge is 0.493 e. The van der Waals surface area contributed by atoms with Gasteiger partial charge in [0, 0.05) is 18.2 Å². The molecule has 2 aromatic rings. The Bertz CT molecular complexity index is 839. The minimum Gasteiger partial charge on any atom is -0.493 e. The van der Waals surface area contributed by atoms with Crippen LogP contribution in [0.25, 0.3) is 0 Å². The Morgan fingerprint density at radius 2 is 1.80 bits per heavy atom. The monoisotopic (exact) mass is 385 g/mol. The van der Waals surface area contributed by atoms with Crippen LogP contribution in [0.5, 0.6) is 11.5 Å². The highest BCUT2D eigenvalue weighted by Gasteiger charge is 2.16. The molecule has 25 heavy (non-hydrogen) atoms. The lowest BCUT2D eigenvalue weighted by Crippen LogP contribution is -2.13. The smallest absolute Gasteiger partial charge is 0.261 e. The summed E-state index contributed by atoms with van der Waals surface area (Å²) < 4.78 is 43.3. The van der Waals surface area contributed by atoms with Crippen molar-refractivity contribution in [2.45, 2.75) is 11.8 Å². The minimum atomic E-state index is -3.77. The molecule has 2 rings (SSSR count). The first-order valence-electron chi connectivity index (χ1n) is 7.46. The standard InChI is InChI=1S/C17H20ClNO5S/c1-12-4-6-14(11-15(12)18)25(20,21)19-13-5-7-16(23-3)17(10-13)24-9-8-22-2/h4-7,10-11,19H,8-9H2,1-3H3. The highest BCUT2D eigenvalue weighted by molar-refractivity contribution is 7.92. The summed E-state index contributed by atoms with van der Waals surface area (Å²) in [6.45, 7) is 2.52. The molecule has 8 heteroatoms. The van der Waals surface area contributed by atoms with Gasteiger partial charge in [-0.05, 0) is 36.8 Å². The molecule has 0 amide bonds. The van der Waals surface area contributed by atoms with E-state index in [4.69, 9.17) is 25.8 Å². The van der Waals surface area contributed by atoms with Crippen LogP contribution in [0, 0.1) is 6.92 Å². The number of hydrogen-bond acceptors (Lipinski definition) is 5. The summed E-state index contributed by atoms with van der Waals surface area (Å²) in [5.41, 5.74) is 1.16. The molecule has 136 valence electrons. The van der Waals surface area contributed by atoms with E-state index in [1.165, 1.54) is 19.2 Å². The highest BCUT2D eigenvalue weighted by Crippen LogP contribution is 2.31. The lowest BCUT2D eigenvalue weighted by molar-refractivity contribution is 0.144. The van der Waals surface area contributed by atoms with Crippen LogP contribution in [0.15, 0.2) is 41.3 Å². The van der Waals surface area contributed by atoms with Gasteiger partial charge in [0.2, 0.25) is 0 Å². The Hall–Kier alpha value is -1.96. The molecule has 0 spiro atoms. The lowest BCUT2D eigenvalue weighted by Gasteiger charge is -2.14. The number of nitrogens with one attached hydrogen (secondary N) is 1. The molecule has 0 radical (unpaired) electrons. The number of ether oxygens (including phenoxy) is 3. The van der Waals surface area contributed by atoms with Gasteiger partial charge in [-0.2, -0.15) is 0 Å². The van der Waals surface area contributed by atoms with Crippen LogP contribution in [0.3, 0.4) is 0 Å². The zero-order valence-electron chi connectivity index (χ0n) is 14.2. The number of rotatable bonds is 8. The fourth-order valence-corrected chi connectivity index (χ4v) is 3.36. The van der Waals surface area contributed by atoms with E-state index in [2.05, 4.69) is 4.72 Å². The van der Waals surface area contributed by atoms with Gasteiger partial charge in [-0.15, -0.1) is 0 Å². The van der Waals surface area contributed by atoms with Crippen molar-refractivity contribution in [1.82, 2.24) is 0 Å². The molecule has 0 aliphatic rings. The van der Waals surface area contributed by atoms with Crippen LogP contribution in [0.2, 0.25) is 5.02 Å². The highest BCUT2D eigenvalue weighted by atomic mass is 35.5. The van der Waals surface area contributed by atoms with Gasteiger partial charge in [0.05, 0.1) is 24.3 Å². The zero-order chi connectivity index (χ0) is 18.4. The van der Waals surface area contributed by atoms with Crippen LogP contribution in [-0.4, -0.2) is 35.9 Å². The molecule has 0 saturated carbocycles. The van der Waals surface area contributed by atoms with E-state index in [0.29, 0.717) is 35.4 Å². The maximum Gasteiger partial charge on any atom is 0.261 e. The summed E-state index contributed by atoms with van der Waals surface area (Å²) in [5, 5.41) is 0.390. The van der Waals surface area contributed by atoms with E-state index in [1.807, 2.05) is 0 Å². The van der Waals surface area contributed by atoms with Gasteiger partial charge in [0.1, 0.15) is 6.61 Å². The molecule has 0 unspecified atom stereocenters. The van der Waals surface area contributed by atoms with Crippen molar-refractivity contribution in [3.63, 3.8) is 0 Å². The summed E-state index contributed by atoms with van der Waals surface area (Å²) in [7, 11) is -0.692. The zero-order valence-corrected chi connectivity index (χ0v) is 15.8. The van der Waals surface area contributed by atoms with Crippen molar-refractivity contribution < 1.29 is 22.6 Å². The molecule has 0 saturated heterocycles. The third-order valence-corrected chi connectivity index (χ3v) is 5.20. The van der Waals surface area contributed by atoms with Crippen molar-refractivity contribution >= 4 is 27.3 Å². The number of benzene rings is 2. The number of halogens is 1. The molecule has 2 aromatic carbocycles. The second-order valence-corrected chi connectivity index (χ2v) is 7.31. The van der Waals surface area contributed by atoms with E-state index < -0.39 is 10.0 Å². The van der Waals surface area contributed by atoms with Gasteiger partial charge < -0.3 is 14.2 Å². The minimum absolute atomic E-state index is 0.0840. The van der Waals surface area contributed by atoms with E-state index >= 15 is 0 Å². The van der Waals surface area contributed by atoms with E-state index in [9.17, 15) is 8.42 Å². The summed E-state index contributed by atoms with van der Waals surface area (Å²) in [5.74, 6) is 0.916. The first kappa shape index (κ1) is 19.4. The Kier molecular flexibility index (Phi) is 6.52. The molecule has 0 fully saturated rings. The van der Waals surface area contributed by atoms with Crippen LogP contribution in [0.1, 0.15) is 5.56 Å². The second-order valence-electron chi connectivity index (χ2n) is 5.22. The molecule has 0 aromatic heterocycles. The van der Waals surface area contributed by atoms with Crippen molar-refractivity contribution in [1.29, 1.82) is 0 Å². The molecule has 0 aliphatic carbocycles. The van der Waals surface area contributed by atoms with Crippen molar-refractivity contribution in [2.75, 3.05) is 32.2 Å². The Morgan fingerprint density at radius 3 is 2.44 bits per heavy atom. The molecule has 0 atom stereocenters.